The number of anilines is 2. The van der Waals surface area contributed by atoms with E-state index in [0.717, 1.165) is 0 Å². The van der Waals surface area contributed by atoms with Gasteiger partial charge in [-0.1, -0.05) is 5.92 Å². The van der Waals surface area contributed by atoms with Gasteiger partial charge in [0.1, 0.15) is 16.5 Å². The van der Waals surface area contributed by atoms with E-state index < -0.39 is 5.51 Å². The summed E-state index contributed by atoms with van der Waals surface area (Å²) in [6.07, 6.45) is 2.52. The molecule has 0 bridgehead atoms. The van der Waals surface area contributed by atoms with Crippen LogP contribution in [-0.4, -0.2) is 71.9 Å². The SMILES string of the molecule is CNC(=O)c1ccc(NCC#Cc2nc3c(N[C@@H]4CCC(=O)N(C)C4)cccn3c2SC(F)(F)F)c(OC)c1. The summed E-state index contributed by atoms with van der Waals surface area (Å²) < 4.78 is 47.1. The summed E-state index contributed by atoms with van der Waals surface area (Å²) >= 11 is -0.275. The first-order valence-corrected chi connectivity index (χ1v) is 12.8. The molecule has 2 amide bonds. The lowest BCUT2D eigenvalue weighted by Gasteiger charge is -2.30. The zero-order chi connectivity index (χ0) is 28.2. The molecule has 0 unspecified atom stereocenters. The molecule has 39 heavy (non-hydrogen) atoms. The van der Waals surface area contributed by atoms with E-state index in [4.69, 9.17) is 4.74 Å². The summed E-state index contributed by atoms with van der Waals surface area (Å²) in [5, 5.41) is 8.78. The number of rotatable bonds is 7. The molecule has 1 aliphatic heterocycles. The maximum Gasteiger partial charge on any atom is 0.447 e. The number of piperidine rings is 1. The van der Waals surface area contributed by atoms with Crippen LogP contribution in [0.25, 0.3) is 5.65 Å². The third-order valence-electron chi connectivity index (χ3n) is 6.07. The Kier molecular flexibility index (Phi) is 8.44. The molecule has 0 radical (unpaired) electrons. The first-order chi connectivity index (χ1) is 18.6. The number of hydrogen-bond donors (Lipinski definition) is 3. The molecule has 0 saturated carbocycles. The Hall–Kier alpha value is -4.05. The topological polar surface area (TPSA) is 100 Å². The number of hydrogen-bond acceptors (Lipinski definition) is 7. The fourth-order valence-electron chi connectivity index (χ4n) is 4.19. The van der Waals surface area contributed by atoms with Crippen LogP contribution < -0.4 is 20.7 Å². The number of methoxy groups -OCH3 is 1. The smallest absolute Gasteiger partial charge is 0.447 e. The Morgan fingerprint density at radius 2 is 2.08 bits per heavy atom. The molecular formula is C26H27F3N6O3S. The van der Waals surface area contributed by atoms with Crippen molar-refractivity contribution in [2.75, 3.05) is 44.9 Å². The van der Waals surface area contributed by atoms with Crippen molar-refractivity contribution in [3.05, 3.63) is 47.8 Å². The van der Waals surface area contributed by atoms with Crippen molar-refractivity contribution in [3.63, 3.8) is 0 Å². The molecule has 2 aromatic heterocycles. The number of imidazole rings is 1. The van der Waals surface area contributed by atoms with E-state index in [-0.39, 0.29) is 46.9 Å². The largest absolute Gasteiger partial charge is 0.495 e. The van der Waals surface area contributed by atoms with Gasteiger partial charge in [-0.05, 0) is 42.7 Å². The maximum absolute atomic E-state index is 13.5. The second-order valence-corrected chi connectivity index (χ2v) is 9.79. The van der Waals surface area contributed by atoms with Crippen LogP contribution in [0.5, 0.6) is 5.75 Å². The molecule has 13 heteroatoms. The summed E-state index contributed by atoms with van der Waals surface area (Å²) in [6, 6.07) is 8.18. The molecular weight excluding hydrogens is 533 g/mol. The van der Waals surface area contributed by atoms with Gasteiger partial charge >= 0.3 is 5.51 Å². The molecule has 9 nitrogen and oxygen atoms in total. The van der Waals surface area contributed by atoms with E-state index >= 15 is 0 Å². The molecule has 0 aliphatic carbocycles. The van der Waals surface area contributed by atoms with E-state index in [0.29, 0.717) is 47.7 Å². The van der Waals surface area contributed by atoms with Crippen LogP contribution in [0.4, 0.5) is 24.5 Å². The molecule has 0 spiro atoms. The van der Waals surface area contributed by atoms with Crippen molar-refractivity contribution < 1.29 is 27.5 Å². The van der Waals surface area contributed by atoms with Crippen LogP contribution >= 0.6 is 11.8 Å². The zero-order valence-corrected chi connectivity index (χ0v) is 22.3. The van der Waals surface area contributed by atoms with Crippen molar-refractivity contribution in [3.8, 4) is 17.6 Å². The van der Waals surface area contributed by atoms with Gasteiger partial charge in [0.25, 0.3) is 5.91 Å². The van der Waals surface area contributed by atoms with Crippen molar-refractivity contribution in [1.82, 2.24) is 19.6 Å². The summed E-state index contributed by atoms with van der Waals surface area (Å²) in [7, 11) is 4.71. The Morgan fingerprint density at radius 1 is 1.28 bits per heavy atom. The quantitative estimate of drug-likeness (QED) is 0.299. The van der Waals surface area contributed by atoms with Crippen molar-refractivity contribution in [1.29, 1.82) is 0 Å². The van der Waals surface area contributed by atoms with E-state index in [1.54, 1.807) is 42.3 Å². The molecule has 3 aromatic rings. The molecule has 3 N–H and O–H groups in total. The van der Waals surface area contributed by atoms with Gasteiger partial charge in [-0.25, -0.2) is 4.98 Å². The number of carbonyl (C=O) groups excluding carboxylic acids is 2. The minimum Gasteiger partial charge on any atom is -0.495 e. The minimum absolute atomic E-state index is 0.00811. The fourth-order valence-corrected chi connectivity index (χ4v) is 4.85. The van der Waals surface area contributed by atoms with E-state index in [1.165, 1.54) is 24.8 Å². The number of thioether (sulfide) groups is 1. The van der Waals surface area contributed by atoms with Gasteiger partial charge in [-0.2, -0.15) is 13.2 Å². The summed E-state index contributed by atoms with van der Waals surface area (Å²) in [5.74, 6) is 5.81. The van der Waals surface area contributed by atoms with Crippen LogP contribution in [0.1, 0.15) is 28.9 Å². The molecule has 1 aromatic carbocycles. The molecule has 4 rings (SSSR count). The highest BCUT2D eigenvalue weighted by Crippen LogP contribution is 2.39. The van der Waals surface area contributed by atoms with Gasteiger partial charge < -0.3 is 25.6 Å². The van der Waals surface area contributed by atoms with Crippen molar-refractivity contribution in [2.45, 2.75) is 29.4 Å². The summed E-state index contributed by atoms with van der Waals surface area (Å²) in [4.78, 5) is 29.7. The number of benzene rings is 1. The summed E-state index contributed by atoms with van der Waals surface area (Å²) in [6.45, 7) is 0.573. The highest BCUT2D eigenvalue weighted by Gasteiger charge is 2.33. The first-order valence-electron chi connectivity index (χ1n) is 12.0. The highest BCUT2D eigenvalue weighted by molar-refractivity contribution is 8.00. The number of likely N-dealkylation sites (tertiary alicyclic amines) is 1. The van der Waals surface area contributed by atoms with Crippen molar-refractivity contribution >= 4 is 40.6 Å². The van der Waals surface area contributed by atoms with Gasteiger partial charge in [0, 0.05) is 56.6 Å². The van der Waals surface area contributed by atoms with Gasteiger partial charge in [0.05, 0.1) is 25.0 Å². The van der Waals surface area contributed by atoms with Gasteiger partial charge in [0.15, 0.2) is 5.65 Å². The standard InChI is InChI=1S/C26H27F3N6O3S/c1-30-24(37)16-8-10-18(21(14-16)38-3)31-12-4-6-20-25(39-26(27,28)29)35-13-5-7-19(23(35)33-20)32-17-9-11-22(36)34(2)15-17/h5,7-8,10,13-14,17,31-32H,9,11-12,15H2,1-3H3,(H,30,37)/t17-/m1/s1. The Balaban J connectivity index is 1.59. The second-order valence-electron chi connectivity index (χ2n) is 8.73. The predicted molar refractivity (Wildman–Crippen MR) is 143 cm³/mol. The number of alkyl halides is 3. The molecule has 206 valence electrons. The molecule has 1 fully saturated rings. The van der Waals surface area contributed by atoms with Crippen LogP contribution in [0.3, 0.4) is 0 Å². The van der Waals surface area contributed by atoms with Crippen molar-refractivity contribution in [2.24, 2.45) is 0 Å². The number of nitrogens with one attached hydrogen (secondary N) is 3. The number of nitrogens with zero attached hydrogens (tertiary/aromatic N) is 3. The average molecular weight is 561 g/mol. The predicted octanol–water partition coefficient (Wildman–Crippen LogP) is 3.81. The van der Waals surface area contributed by atoms with Crippen LogP contribution in [0.15, 0.2) is 41.6 Å². The summed E-state index contributed by atoms with van der Waals surface area (Å²) in [5.41, 5.74) is -2.69. The average Bonchev–Trinajstić information content (AvgIpc) is 3.24. The fraction of sp³-hybridized carbons (Fsp3) is 0.346. The van der Waals surface area contributed by atoms with Gasteiger partial charge in [0.2, 0.25) is 5.91 Å². The van der Waals surface area contributed by atoms with Gasteiger partial charge in [-0.15, -0.1) is 0 Å². The van der Waals surface area contributed by atoms with E-state index in [2.05, 4.69) is 32.8 Å². The Labute approximate surface area is 227 Å². The third kappa shape index (κ3) is 6.69. The van der Waals surface area contributed by atoms with E-state index in [9.17, 15) is 22.8 Å². The lowest BCUT2D eigenvalue weighted by Crippen LogP contribution is -2.43. The third-order valence-corrected chi connectivity index (χ3v) is 6.88. The molecule has 1 saturated heterocycles. The molecule has 1 atom stereocenters. The number of ether oxygens (including phenoxy) is 1. The van der Waals surface area contributed by atoms with Crippen LogP contribution in [-0.2, 0) is 4.79 Å². The van der Waals surface area contributed by atoms with Gasteiger partial charge in [-0.3, -0.25) is 14.0 Å². The molecule has 3 heterocycles. The minimum atomic E-state index is -4.54. The number of amides is 2. The first kappa shape index (κ1) is 28.0. The second kappa shape index (κ2) is 11.8. The number of carbonyl (C=O) groups is 2. The van der Waals surface area contributed by atoms with E-state index in [1.807, 2.05) is 0 Å². The Bertz CT molecular complexity index is 1450. The molecule has 1 aliphatic rings. The zero-order valence-electron chi connectivity index (χ0n) is 21.5. The monoisotopic (exact) mass is 560 g/mol. The highest BCUT2D eigenvalue weighted by atomic mass is 32.2. The number of halogens is 3. The maximum atomic E-state index is 13.5. The number of pyridine rings is 1. The lowest BCUT2D eigenvalue weighted by atomic mass is 10.1. The van der Waals surface area contributed by atoms with Crippen LogP contribution in [0.2, 0.25) is 0 Å². The number of likely N-dealkylation sites (N-methyl/N-ethyl adjacent to an activating group) is 1. The van der Waals surface area contributed by atoms with Crippen LogP contribution in [0, 0.1) is 11.8 Å². The number of fused-ring (bicyclic) bond motifs is 1. The lowest BCUT2D eigenvalue weighted by molar-refractivity contribution is -0.132. The normalized spacial score (nSPS) is 15.5. The number of aromatic nitrogens is 2. The Morgan fingerprint density at radius 3 is 2.77 bits per heavy atom.